The van der Waals surface area contributed by atoms with Gasteiger partial charge in [-0.1, -0.05) is 17.7 Å². The largest absolute Gasteiger partial charge is 0.492 e. The van der Waals surface area contributed by atoms with Gasteiger partial charge in [-0.15, -0.1) is 0 Å². The zero-order valence-electron chi connectivity index (χ0n) is 13.1. The molecule has 0 unspecified atom stereocenters. The Morgan fingerprint density at radius 1 is 1.13 bits per heavy atom. The van der Waals surface area contributed by atoms with Crippen molar-refractivity contribution in [2.75, 3.05) is 26.7 Å². The summed E-state index contributed by atoms with van der Waals surface area (Å²) < 4.78 is 5.62. The van der Waals surface area contributed by atoms with Crippen LogP contribution in [0.1, 0.15) is 5.69 Å². The number of ether oxygens (including phenoxy) is 1. The summed E-state index contributed by atoms with van der Waals surface area (Å²) in [6.45, 7) is 1.98. The van der Waals surface area contributed by atoms with Gasteiger partial charge in [-0.2, -0.15) is 0 Å². The van der Waals surface area contributed by atoms with Crippen molar-refractivity contribution >= 4 is 17.6 Å². The first-order valence-electron chi connectivity index (χ1n) is 7.51. The van der Waals surface area contributed by atoms with E-state index >= 15 is 0 Å². The minimum atomic E-state index is 0.544. The van der Waals surface area contributed by atoms with E-state index in [0.717, 1.165) is 30.4 Å². The number of benzene rings is 1. The molecule has 2 N–H and O–H groups in total. The fraction of sp³-hybridized carbons (Fsp3) is 0.294. The van der Waals surface area contributed by atoms with Crippen LogP contribution < -0.4 is 15.4 Å². The monoisotopic (exact) mass is 332 g/mol. The summed E-state index contributed by atoms with van der Waals surface area (Å²) in [5, 5.41) is 7.16. The lowest BCUT2D eigenvalue weighted by molar-refractivity contribution is 0.322. The molecule has 2 rings (SSSR count). The highest BCUT2D eigenvalue weighted by atomic mass is 35.5. The van der Waals surface area contributed by atoms with Crippen LogP contribution in [0.15, 0.2) is 53.7 Å². The van der Waals surface area contributed by atoms with E-state index in [-0.39, 0.29) is 0 Å². The average molecular weight is 333 g/mol. The number of aromatic nitrogens is 1. The Bertz CT molecular complexity index is 602. The lowest BCUT2D eigenvalue weighted by atomic mass is 10.3. The predicted octanol–water partition coefficient (Wildman–Crippen LogP) is 2.52. The molecule has 0 spiro atoms. The number of rotatable bonds is 7. The smallest absolute Gasteiger partial charge is 0.191 e. The third-order valence-corrected chi connectivity index (χ3v) is 3.35. The summed E-state index contributed by atoms with van der Waals surface area (Å²) in [6.07, 6.45) is 2.65. The minimum Gasteiger partial charge on any atom is -0.492 e. The van der Waals surface area contributed by atoms with Crippen molar-refractivity contribution in [2.45, 2.75) is 6.42 Å². The summed E-state index contributed by atoms with van der Waals surface area (Å²) in [4.78, 5) is 8.46. The maximum absolute atomic E-state index is 5.83. The summed E-state index contributed by atoms with van der Waals surface area (Å²) in [7, 11) is 1.75. The van der Waals surface area contributed by atoms with Crippen molar-refractivity contribution < 1.29 is 4.74 Å². The van der Waals surface area contributed by atoms with Gasteiger partial charge < -0.3 is 15.4 Å². The molecule has 0 atom stereocenters. The standard InChI is InChI=1S/C17H21ClN4O/c1-19-17(21-11-9-15-4-2-3-10-20-15)22-12-13-23-16-7-5-14(18)6-8-16/h2-8,10H,9,11-13H2,1H3,(H2,19,21,22). The van der Waals surface area contributed by atoms with Crippen molar-refractivity contribution in [1.82, 2.24) is 15.6 Å². The second-order valence-corrected chi connectivity index (χ2v) is 5.24. The van der Waals surface area contributed by atoms with Gasteiger partial charge in [0.2, 0.25) is 0 Å². The Morgan fingerprint density at radius 2 is 1.91 bits per heavy atom. The second-order valence-electron chi connectivity index (χ2n) is 4.80. The molecule has 23 heavy (non-hydrogen) atoms. The van der Waals surface area contributed by atoms with Crippen LogP contribution in [0.5, 0.6) is 5.75 Å². The van der Waals surface area contributed by atoms with Gasteiger partial charge in [0.1, 0.15) is 12.4 Å². The highest BCUT2D eigenvalue weighted by Crippen LogP contribution is 2.14. The van der Waals surface area contributed by atoms with Crippen molar-refractivity contribution in [3.8, 4) is 5.75 Å². The van der Waals surface area contributed by atoms with Gasteiger partial charge >= 0.3 is 0 Å². The van der Waals surface area contributed by atoms with E-state index in [2.05, 4.69) is 20.6 Å². The summed E-state index contributed by atoms with van der Waals surface area (Å²) in [5.74, 6) is 1.55. The maximum Gasteiger partial charge on any atom is 0.191 e. The van der Waals surface area contributed by atoms with Crippen LogP contribution in [-0.4, -0.2) is 37.7 Å². The van der Waals surface area contributed by atoms with Crippen LogP contribution in [0.25, 0.3) is 0 Å². The molecular formula is C17H21ClN4O. The Balaban J connectivity index is 1.62. The topological polar surface area (TPSA) is 58.5 Å². The normalized spacial score (nSPS) is 11.1. The van der Waals surface area contributed by atoms with E-state index in [1.807, 2.05) is 42.5 Å². The number of halogens is 1. The molecule has 0 aliphatic rings. The highest BCUT2D eigenvalue weighted by Gasteiger charge is 1.99. The van der Waals surface area contributed by atoms with Gasteiger partial charge in [0.15, 0.2) is 5.96 Å². The van der Waals surface area contributed by atoms with E-state index in [1.165, 1.54) is 0 Å². The number of aliphatic imine (C=N–C) groups is 1. The predicted molar refractivity (Wildman–Crippen MR) is 94.3 cm³/mol. The number of guanidine groups is 1. The zero-order chi connectivity index (χ0) is 16.3. The van der Waals surface area contributed by atoms with Crippen molar-refractivity contribution in [3.63, 3.8) is 0 Å². The van der Waals surface area contributed by atoms with E-state index in [9.17, 15) is 0 Å². The maximum atomic E-state index is 5.83. The Morgan fingerprint density at radius 3 is 2.61 bits per heavy atom. The lowest BCUT2D eigenvalue weighted by Crippen LogP contribution is -2.40. The molecule has 0 bridgehead atoms. The number of nitrogens with one attached hydrogen (secondary N) is 2. The van der Waals surface area contributed by atoms with E-state index in [0.29, 0.717) is 18.2 Å². The van der Waals surface area contributed by atoms with Gasteiger partial charge in [-0.25, -0.2) is 0 Å². The van der Waals surface area contributed by atoms with Gasteiger partial charge in [-0.3, -0.25) is 9.98 Å². The van der Waals surface area contributed by atoms with Crippen molar-refractivity contribution in [3.05, 3.63) is 59.4 Å². The first kappa shape index (κ1) is 17.1. The summed E-state index contributed by atoms with van der Waals surface area (Å²) in [6, 6.07) is 13.2. The molecule has 1 aromatic heterocycles. The molecule has 2 aromatic rings. The molecule has 0 aliphatic carbocycles. The number of pyridine rings is 1. The number of hydrogen-bond donors (Lipinski definition) is 2. The van der Waals surface area contributed by atoms with E-state index in [4.69, 9.17) is 16.3 Å². The molecule has 0 fully saturated rings. The SMILES string of the molecule is CN=C(NCCOc1ccc(Cl)cc1)NCCc1ccccn1. The Kier molecular flexibility index (Phi) is 7.20. The molecule has 122 valence electrons. The molecule has 5 nitrogen and oxygen atoms in total. The molecule has 0 aliphatic heterocycles. The molecule has 0 amide bonds. The third-order valence-electron chi connectivity index (χ3n) is 3.10. The van der Waals surface area contributed by atoms with Crippen LogP contribution in [0.2, 0.25) is 5.02 Å². The minimum absolute atomic E-state index is 0.544. The Labute approximate surface area is 141 Å². The van der Waals surface area contributed by atoms with Gasteiger partial charge in [0, 0.05) is 36.9 Å². The third kappa shape index (κ3) is 6.57. The average Bonchev–Trinajstić information content (AvgIpc) is 2.59. The fourth-order valence-electron chi connectivity index (χ4n) is 1.94. The second kappa shape index (κ2) is 9.69. The summed E-state index contributed by atoms with van der Waals surface area (Å²) in [5.41, 5.74) is 1.06. The van der Waals surface area contributed by atoms with Crippen LogP contribution >= 0.6 is 11.6 Å². The fourth-order valence-corrected chi connectivity index (χ4v) is 2.07. The van der Waals surface area contributed by atoms with E-state index < -0.39 is 0 Å². The lowest BCUT2D eigenvalue weighted by Gasteiger charge is -2.12. The van der Waals surface area contributed by atoms with Gasteiger partial charge in [0.25, 0.3) is 0 Å². The van der Waals surface area contributed by atoms with Crippen molar-refractivity contribution in [1.29, 1.82) is 0 Å². The van der Waals surface area contributed by atoms with Crippen LogP contribution in [0.4, 0.5) is 0 Å². The molecule has 0 radical (unpaired) electrons. The molecule has 0 saturated carbocycles. The quantitative estimate of drug-likeness (QED) is 0.465. The van der Waals surface area contributed by atoms with Crippen LogP contribution in [-0.2, 0) is 6.42 Å². The van der Waals surface area contributed by atoms with E-state index in [1.54, 1.807) is 13.2 Å². The zero-order valence-corrected chi connectivity index (χ0v) is 13.9. The van der Waals surface area contributed by atoms with Gasteiger partial charge in [0.05, 0.1) is 6.54 Å². The highest BCUT2D eigenvalue weighted by molar-refractivity contribution is 6.30. The van der Waals surface area contributed by atoms with Crippen molar-refractivity contribution in [2.24, 2.45) is 4.99 Å². The van der Waals surface area contributed by atoms with Crippen LogP contribution in [0, 0.1) is 0 Å². The molecule has 0 saturated heterocycles. The summed E-state index contributed by atoms with van der Waals surface area (Å²) >= 11 is 5.83. The molecule has 1 heterocycles. The molecular weight excluding hydrogens is 312 g/mol. The van der Waals surface area contributed by atoms with Gasteiger partial charge in [-0.05, 0) is 36.4 Å². The first-order chi connectivity index (χ1) is 11.3. The number of nitrogens with zero attached hydrogens (tertiary/aromatic N) is 2. The van der Waals surface area contributed by atoms with Crippen LogP contribution in [0.3, 0.4) is 0 Å². The number of hydrogen-bond acceptors (Lipinski definition) is 3. The molecule has 6 heteroatoms. The molecule has 1 aromatic carbocycles. The first-order valence-corrected chi connectivity index (χ1v) is 7.88. The Hall–Kier alpha value is -2.27.